The predicted octanol–water partition coefficient (Wildman–Crippen LogP) is 2.70. The molecule has 1 atom stereocenters. The van der Waals surface area contributed by atoms with Crippen molar-refractivity contribution in [2.75, 3.05) is 39.3 Å². The van der Waals surface area contributed by atoms with Crippen molar-refractivity contribution < 1.29 is 23.2 Å². The van der Waals surface area contributed by atoms with Crippen LogP contribution in [0.5, 0.6) is 0 Å². The minimum atomic E-state index is -2.97. The first-order chi connectivity index (χ1) is 28.0. The fourth-order valence-electron chi connectivity index (χ4n) is 8.30. The number of hydrogen-bond acceptors (Lipinski definition) is 10. The Kier molecular flexibility index (Phi) is 11.2. The summed E-state index contributed by atoms with van der Waals surface area (Å²) in [4.78, 5) is 64.8. The van der Waals surface area contributed by atoms with E-state index < -0.39 is 30.0 Å². The number of nitrogens with two attached hydrogens (primary N) is 1. The third-order valence-electron chi connectivity index (χ3n) is 11.8. The lowest BCUT2D eigenvalue weighted by molar-refractivity contribution is -0.135. The van der Waals surface area contributed by atoms with E-state index in [1.54, 1.807) is 19.3 Å². The molecule has 4 aromatic rings. The minimum Gasteiger partial charge on any atom is -0.396 e. The summed E-state index contributed by atoms with van der Waals surface area (Å²) < 4.78 is 32.0. The summed E-state index contributed by atoms with van der Waals surface area (Å²) in [5.41, 5.74) is 7.88. The largest absolute Gasteiger partial charge is 0.396 e. The molecule has 4 N–H and O–H groups in total. The number of carbonyl (C=O) groups excluding carboxylic acids is 3. The van der Waals surface area contributed by atoms with Gasteiger partial charge in [-0.1, -0.05) is 17.9 Å². The number of amides is 3. The van der Waals surface area contributed by atoms with E-state index in [-0.39, 0.29) is 41.7 Å². The van der Waals surface area contributed by atoms with Crippen molar-refractivity contribution in [2.24, 2.45) is 23.7 Å². The number of halogens is 2. The summed E-state index contributed by atoms with van der Waals surface area (Å²) in [5.74, 6) is 6.00. The molecule has 3 amide bonds. The van der Waals surface area contributed by atoms with E-state index in [0.717, 1.165) is 76.9 Å². The van der Waals surface area contributed by atoms with Crippen molar-refractivity contribution in [1.82, 2.24) is 44.2 Å². The standard InChI is InChI=1S/C41H47F2N11O4/c1-50-36-27(4-2-6-32(36)54(41(50)58)33-13-14-34(55)49-40(33)57)5-3-16-51-18-20-52(21-19-51)24-25-7-11-28(12-8-25)45-23-31(35(44)37(42)43)48-39(56)29-22-46-53-17-15-30(26-9-10-26)47-38(29)53/h2,4,6,15,17,22-23,25-26,28,33,37H,7-14,16,18-21,24,44H2,1H3,(H,48,56)(H,49,55,57)/b35-31+,45-23?. The highest BCUT2D eigenvalue weighted by Crippen LogP contribution is 2.39. The van der Waals surface area contributed by atoms with E-state index in [2.05, 4.69) is 47.3 Å². The Hall–Kier alpha value is -5.73. The normalized spacial score (nSPS) is 22.7. The molecule has 2 saturated carbocycles. The minimum absolute atomic E-state index is 0.0620. The topological polar surface area (TPSA) is 177 Å². The monoisotopic (exact) mass is 795 g/mol. The molecule has 3 aromatic heterocycles. The molecular weight excluding hydrogens is 749 g/mol. The van der Waals surface area contributed by atoms with Crippen molar-refractivity contribution in [3.05, 3.63) is 75.4 Å². The van der Waals surface area contributed by atoms with Gasteiger partial charge in [0.1, 0.15) is 17.3 Å². The van der Waals surface area contributed by atoms with E-state index >= 15 is 0 Å². The Bertz CT molecular complexity index is 2420. The van der Waals surface area contributed by atoms with Crippen molar-refractivity contribution >= 4 is 40.6 Å². The van der Waals surface area contributed by atoms with Gasteiger partial charge in [-0.05, 0) is 69.1 Å². The SMILES string of the molecule is Cn1c(=O)n(C2CCC(=O)NC2=O)c2cccc(C#CCN3CCN(CC4CCC(N=C/C(NC(=O)c5cnn6ccc(C7CC7)nc56)=C(\N)C(F)F)CC4)CC3)c21. The van der Waals surface area contributed by atoms with Crippen LogP contribution in [0.4, 0.5) is 8.78 Å². The smallest absolute Gasteiger partial charge is 0.329 e. The second-order valence-electron chi connectivity index (χ2n) is 15.8. The Morgan fingerprint density at radius 2 is 1.81 bits per heavy atom. The van der Waals surface area contributed by atoms with Crippen LogP contribution in [0.15, 0.2) is 57.8 Å². The number of fused-ring (bicyclic) bond motifs is 2. The van der Waals surface area contributed by atoms with Crippen LogP contribution in [0.25, 0.3) is 16.7 Å². The van der Waals surface area contributed by atoms with Crippen LogP contribution < -0.4 is 22.1 Å². The van der Waals surface area contributed by atoms with Crippen LogP contribution in [0, 0.1) is 17.8 Å². The quantitative estimate of drug-likeness (QED) is 0.124. The maximum absolute atomic E-state index is 13.8. The number of aliphatic imine (C=N–C) groups is 1. The van der Waals surface area contributed by atoms with Crippen LogP contribution >= 0.6 is 0 Å². The first kappa shape index (κ1) is 39.1. The van der Waals surface area contributed by atoms with Crippen LogP contribution in [-0.4, -0.2) is 109 Å². The second-order valence-corrected chi connectivity index (χ2v) is 15.8. The maximum atomic E-state index is 13.8. The van der Waals surface area contributed by atoms with E-state index in [1.807, 2.05) is 18.2 Å². The number of aromatic nitrogens is 5. The van der Waals surface area contributed by atoms with Gasteiger partial charge in [-0.2, -0.15) is 5.10 Å². The highest BCUT2D eigenvalue weighted by Gasteiger charge is 2.32. The molecule has 0 radical (unpaired) electrons. The number of hydrogen-bond donors (Lipinski definition) is 3. The zero-order valence-corrected chi connectivity index (χ0v) is 32.4. The van der Waals surface area contributed by atoms with E-state index in [9.17, 15) is 28.0 Å². The molecule has 15 nitrogen and oxygen atoms in total. The Morgan fingerprint density at radius 1 is 1.05 bits per heavy atom. The number of piperazine rings is 1. The van der Waals surface area contributed by atoms with Gasteiger partial charge in [-0.3, -0.25) is 38.7 Å². The average molecular weight is 796 g/mol. The van der Waals surface area contributed by atoms with Gasteiger partial charge in [0, 0.05) is 70.2 Å². The number of alkyl halides is 2. The molecule has 8 rings (SSSR count). The Morgan fingerprint density at radius 3 is 2.53 bits per heavy atom. The lowest BCUT2D eigenvalue weighted by Gasteiger charge is -2.37. The molecule has 1 unspecified atom stereocenters. The van der Waals surface area contributed by atoms with E-state index in [1.165, 1.54) is 26.1 Å². The summed E-state index contributed by atoms with van der Waals surface area (Å²) in [6.45, 7) is 5.16. The number of allylic oxidation sites excluding steroid dienone is 2. The summed E-state index contributed by atoms with van der Waals surface area (Å²) in [6.07, 6.45) is 7.52. The molecule has 0 spiro atoms. The summed E-state index contributed by atoms with van der Waals surface area (Å²) >= 11 is 0. The van der Waals surface area contributed by atoms with Gasteiger partial charge in [0.25, 0.3) is 12.3 Å². The summed E-state index contributed by atoms with van der Waals surface area (Å²) in [6, 6.07) is 6.58. The fraction of sp³-hybridized carbons (Fsp3) is 0.488. The third-order valence-corrected chi connectivity index (χ3v) is 11.8. The van der Waals surface area contributed by atoms with Crippen molar-refractivity contribution in [1.29, 1.82) is 0 Å². The number of carbonyl (C=O) groups is 3. The number of imidazole rings is 1. The van der Waals surface area contributed by atoms with Crippen molar-refractivity contribution in [3.8, 4) is 11.8 Å². The second kappa shape index (κ2) is 16.6. The van der Waals surface area contributed by atoms with Gasteiger partial charge >= 0.3 is 5.69 Å². The zero-order valence-electron chi connectivity index (χ0n) is 32.4. The molecule has 1 aromatic carbocycles. The number of nitrogens with zero attached hydrogens (tertiary/aromatic N) is 8. The van der Waals surface area contributed by atoms with Gasteiger partial charge in [-0.15, -0.1) is 0 Å². The number of aryl methyl sites for hydroxylation is 1. The molecule has 304 valence electrons. The Labute approximate surface area is 333 Å². The number of imide groups is 1. The highest BCUT2D eigenvalue weighted by atomic mass is 19.3. The summed E-state index contributed by atoms with van der Waals surface area (Å²) in [5, 5.41) is 9.09. The summed E-state index contributed by atoms with van der Waals surface area (Å²) in [7, 11) is 1.67. The molecule has 2 saturated heterocycles. The number of benzene rings is 1. The van der Waals surface area contributed by atoms with Gasteiger partial charge < -0.3 is 16.0 Å². The van der Waals surface area contributed by atoms with Crippen LogP contribution in [0.1, 0.15) is 84.9 Å². The molecule has 5 heterocycles. The molecule has 2 aliphatic heterocycles. The third kappa shape index (κ3) is 8.30. The van der Waals surface area contributed by atoms with Crippen LogP contribution in [0.3, 0.4) is 0 Å². The molecule has 4 fully saturated rings. The Balaban J connectivity index is 0.814. The molecule has 58 heavy (non-hydrogen) atoms. The fourth-order valence-corrected chi connectivity index (χ4v) is 8.30. The molecule has 17 heteroatoms. The first-order valence-corrected chi connectivity index (χ1v) is 20.0. The predicted molar refractivity (Wildman–Crippen MR) is 212 cm³/mol. The number of piperidine rings is 1. The molecular formula is C41H47F2N11O4. The maximum Gasteiger partial charge on any atom is 0.329 e. The van der Waals surface area contributed by atoms with Gasteiger partial charge in [0.15, 0.2) is 5.65 Å². The number of nitrogens with one attached hydrogen (secondary N) is 2. The van der Waals surface area contributed by atoms with E-state index in [4.69, 9.17) is 5.73 Å². The number of rotatable bonds is 10. The van der Waals surface area contributed by atoms with Gasteiger partial charge in [0.05, 0.1) is 41.1 Å². The molecule has 2 aliphatic carbocycles. The molecule has 0 bridgehead atoms. The van der Waals surface area contributed by atoms with Crippen LogP contribution in [0.2, 0.25) is 0 Å². The highest BCUT2D eigenvalue weighted by molar-refractivity contribution is 6.03. The lowest BCUT2D eigenvalue weighted by Crippen LogP contribution is -2.48. The van der Waals surface area contributed by atoms with E-state index in [0.29, 0.717) is 40.6 Å². The van der Waals surface area contributed by atoms with Gasteiger partial charge in [-0.25, -0.2) is 23.1 Å². The van der Waals surface area contributed by atoms with Crippen molar-refractivity contribution in [3.63, 3.8) is 0 Å². The van der Waals surface area contributed by atoms with Gasteiger partial charge in [0.2, 0.25) is 11.8 Å². The average Bonchev–Trinajstić information content (AvgIpc) is 3.93. The number of para-hydroxylation sites is 1. The lowest BCUT2D eigenvalue weighted by atomic mass is 9.86. The van der Waals surface area contributed by atoms with Crippen LogP contribution in [-0.2, 0) is 16.6 Å². The van der Waals surface area contributed by atoms with Crippen molar-refractivity contribution in [2.45, 2.75) is 75.8 Å². The first-order valence-electron chi connectivity index (χ1n) is 20.0. The zero-order chi connectivity index (χ0) is 40.5. The molecule has 4 aliphatic rings.